The molecule has 9 nitrogen and oxygen atoms in total. The number of nitrogens with one attached hydrogen (secondary N) is 1. The van der Waals surface area contributed by atoms with Gasteiger partial charge in [0.2, 0.25) is 12.5 Å². The Balaban J connectivity index is 1.59. The Hall–Kier alpha value is -4.01. The van der Waals surface area contributed by atoms with Crippen molar-refractivity contribution in [1.29, 1.82) is 0 Å². The second kappa shape index (κ2) is 7.24. The number of benzene rings is 2. The molecular weight excluding hydrogens is 434 g/mol. The van der Waals surface area contributed by atoms with Crippen molar-refractivity contribution in [2.75, 3.05) is 18.8 Å². The van der Waals surface area contributed by atoms with Crippen LogP contribution in [0, 0.1) is 0 Å². The number of aromatic nitrogens is 2. The summed E-state index contributed by atoms with van der Waals surface area (Å²) < 4.78 is 18.9. The van der Waals surface area contributed by atoms with Gasteiger partial charge in [0.1, 0.15) is 11.9 Å². The number of rotatable bonds is 3. The number of ether oxygens (including phenoxy) is 3. The van der Waals surface area contributed by atoms with Gasteiger partial charge in [0.05, 0.1) is 18.8 Å². The normalized spacial score (nSPS) is 20.5. The zero-order valence-electron chi connectivity index (χ0n) is 19.4. The minimum Gasteiger partial charge on any atom is -0.493 e. The maximum Gasteiger partial charge on any atom is 0.328 e. The van der Waals surface area contributed by atoms with E-state index in [1.54, 1.807) is 12.0 Å². The van der Waals surface area contributed by atoms with Crippen molar-refractivity contribution < 1.29 is 19.0 Å². The molecule has 2 amide bonds. The molecular formula is C25H25N5O4. The molecule has 34 heavy (non-hydrogen) atoms. The molecule has 2 aromatic carbocycles. The van der Waals surface area contributed by atoms with Gasteiger partial charge >= 0.3 is 6.03 Å². The molecule has 2 atom stereocenters. The van der Waals surface area contributed by atoms with Gasteiger partial charge < -0.3 is 14.2 Å². The molecule has 0 unspecified atom stereocenters. The van der Waals surface area contributed by atoms with Crippen molar-refractivity contribution in [2.45, 2.75) is 38.3 Å². The number of methoxy groups -OCH3 is 1. The number of amides is 2. The fourth-order valence-electron chi connectivity index (χ4n) is 4.91. The van der Waals surface area contributed by atoms with Gasteiger partial charge in [0.15, 0.2) is 17.3 Å². The van der Waals surface area contributed by atoms with E-state index in [1.807, 2.05) is 53.3 Å². The third-order valence-corrected chi connectivity index (χ3v) is 6.37. The lowest BCUT2D eigenvalue weighted by molar-refractivity contribution is 0.171. The number of amidine groups is 1. The monoisotopic (exact) mass is 459 g/mol. The SMILES string of the molecule is COc1cc([C@@H]2c3cnn(C(C)(C)C)c3N=C3NC(=O)N(c4ccccc4)[C@H]32)cc2c1OCO2. The smallest absolute Gasteiger partial charge is 0.328 e. The van der Waals surface area contributed by atoms with Gasteiger partial charge in [0.25, 0.3) is 0 Å². The first-order chi connectivity index (χ1) is 16.4. The Bertz CT molecular complexity index is 1330. The van der Waals surface area contributed by atoms with Crippen LogP contribution in [-0.2, 0) is 5.54 Å². The van der Waals surface area contributed by atoms with E-state index in [0.29, 0.717) is 23.1 Å². The Morgan fingerprint density at radius 3 is 2.68 bits per heavy atom. The second-order valence-corrected chi connectivity index (χ2v) is 9.52. The molecule has 3 aromatic rings. The van der Waals surface area contributed by atoms with Crippen LogP contribution in [0.5, 0.6) is 17.2 Å². The summed E-state index contributed by atoms with van der Waals surface area (Å²) in [6, 6.07) is 12.9. The predicted molar refractivity (Wildman–Crippen MR) is 127 cm³/mol. The van der Waals surface area contributed by atoms with Gasteiger partial charge in [-0.15, -0.1) is 0 Å². The molecule has 4 heterocycles. The molecule has 3 aliphatic rings. The zero-order valence-corrected chi connectivity index (χ0v) is 19.4. The molecule has 0 aliphatic carbocycles. The van der Waals surface area contributed by atoms with Crippen LogP contribution in [0.3, 0.4) is 0 Å². The molecule has 9 heteroatoms. The van der Waals surface area contributed by atoms with Crippen molar-refractivity contribution in [1.82, 2.24) is 15.1 Å². The number of hydrogen-bond donors (Lipinski definition) is 1. The lowest BCUT2D eigenvalue weighted by atomic mass is 9.83. The maximum atomic E-state index is 13.2. The molecule has 1 aromatic heterocycles. The quantitative estimate of drug-likeness (QED) is 0.636. The Labute approximate surface area is 196 Å². The van der Waals surface area contributed by atoms with Crippen molar-refractivity contribution in [3.63, 3.8) is 0 Å². The Kier molecular flexibility index (Phi) is 4.39. The van der Waals surface area contributed by atoms with E-state index in [9.17, 15) is 4.79 Å². The third-order valence-electron chi connectivity index (χ3n) is 6.37. The summed E-state index contributed by atoms with van der Waals surface area (Å²) >= 11 is 0. The standard InChI is InChI=1S/C25H25N5O4/c1-25(2,3)30-23-16(12-26-30)19(14-10-17(32-4)21-18(11-14)33-13-34-21)20-22(27-23)28-24(31)29(20)15-8-6-5-7-9-15/h5-12,19-20H,13H2,1-4H3,(H,27,28,31)/t19-,20+/m1/s1. The number of carbonyl (C=O) groups excluding carboxylic acids is 1. The molecule has 1 N–H and O–H groups in total. The summed E-state index contributed by atoms with van der Waals surface area (Å²) in [5, 5.41) is 7.70. The van der Waals surface area contributed by atoms with Gasteiger partial charge in [0, 0.05) is 17.2 Å². The van der Waals surface area contributed by atoms with Crippen LogP contribution in [0.1, 0.15) is 37.8 Å². The molecule has 6 rings (SSSR count). The summed E-state index contributed by atoms with van der Waals surface area (Å²) in [6.07, 6.45) is 1.86. The first-order valence-corrected chi connectivity index (χ1v) is 11.2. The number of nitrogens with zero attached hydrogens (tertiary/aromatic N) is 4. The Morgan fingerprint density at radius 1 is 1.15 bits per heavy atom. The average molecular weight is 460 g/mol. The van der Waals surface area contributed by atoms with Crippen LogP contribution < -0.4 is 24.4 Å². The van der Waals surface area contributed by atoms with E-state index in [4.69, 9.17) is 24.3 Å². The van der Waals surface area contributed by atoms with Gasteiger partial charge in [-0.2, -0.15) is 5.10 Å². The third kappa shape index (κ3) is 2.96. The lowest BCUT2D eigenvalue weighted by Gasteiger charge is -2.33. The first-order valence-electron chi connectivity index (χ1n) is 11.2. The van der Waals surface area contributed by atoms with E-state index in [1.165, 1.54) is 0 Å². The van der Waals surface area contributed by atoms with Crippen molar-refractivity contribution in [2.24, 2.45) is 4.99 Å². The average Bonchev–Trinajstić information content (AvgIpc) is 3.53. The second-order valence-electron chi connectivity index (χ2n) is 9.52. The molecule has 3 aliphatic heterocycles. The number of fused-ring (bicyclic) bond motifs is 3. The maximum absolute atomic E-state index is 13.2. The molecule has 0 spiro atoms. The fraction of sp³-hybridized carbons (Fsp3) is 0.320. The molecule has 1 fully saturated rings. The number of aliphatic imine (C=N–C) groups is 1. The summed E-state index contributed by atoms with van der Waals surface area (Å²) in [5.74, 6) is 2.85. The summed E-state index contributed by atoms with van der Waals surface area (Å²) in [5.41, 5.74) is 2.36. The minimum absolute atomic E-state index is 0.138. The number of carbonyl (C=O) groups is 1. The highest BCUT2D eigenvalue weighted by Crippen LogP contribution is 2.49. The largest absolute Gasteiger partial charge is 0.493 e. The molecule has 174 valence electrons. The number of para-hydroxylation sites is 1. The van der Waals surface area contributed by atoms with Gasteiger partial charge in [-0.1, -0.05) is 18.2 Å². The molecule has 0 saturated carbocycles. The summed E-state index contributed by atoms with van der Waals surface area (Å²) in [4.78, 5) is 19.9. The topological polar surface area (TPSA) is 90.2 Å². The number of anilines is 1. The van der Waals surface area contributed by atoms with Crippen LogP contribution in [-0.4, -0.2) is 41.6 Å². The minimum atomic E-state index is -0.384. The fourth-order valence-corrected chi connectivity index (χ4v) is 4.91. The molecule has 0 bridgehead atoms. The van der Waals surface area contributed by atoms with E-state index in [2.05, 4.69) is 26.1 Å². The van der Waals surface area contributed by atoms with Gasteiger partial charge in [-0.3, -0.25) is 10.2 Å². The first kappa shape index (κ1) is 20.6. The van der Waals surface area contributed by atoms with Crippen LogP contribution >= 0.6 is 0 Å². The molecule has 0 radical (unpaired) electrons. The highest BCUT2D eigenvalue weighted by Gasteiger charge is 2.48. The summed E-state index contributed by atoms with van der Waals surface area (Å²) in [6.45, 7) is 6.37. The Morgan fingerprint density at radius 2 is 1.94 bits per heavy atom. The van der Waals surface area contributed by atoms with Gasteiger partial charge in [-0.05, 0) is 50.6 Å². The molecule has 1 saturated heterocycles. The van der Waals surface area contributed by atoms with Crippen LogP contribution in [0.25, 0.3) is 0 Å². The number of urea groups is 1. The van der Waals surface area contributed by atoms with Crippen molar-refractivity contribution in [3.05, 3.63) is 59.8 Å². The highest BCUT2D eigenvalue weighted by atomic mass is 16.7. The van der Waals surface area contributed by atoms with E-state index < -0.39 is 0 Å². The highest BCUT2D eigenvalue weighted by molar-refractivity contribution is 6.18. The lowest BCUT2D eigenvalue weighted by Crippen LogP contribution is -2.42. The van der Waals surface area contributed by atoms with E-state index in [-0.39, 0.29) is 30.3 Å². The zero-order chi connectivity index (χ0) is 23.6. The van der Waals surface area contributed by atoms with E-state index >= 15 is 0 Å². The van der Waals surface area contributed by atoms with E-state index in [0.717, 1.165) is 22.6 Å². The predicted octanol–water partition coefficient (Wildman–Crippen LogP) is 4.15. The van der Waals surface area contributed by atoms with Crippen LogP contribution in [0.15, 0.2) is 53.7 Å². The van der Waals surface area contributed by atoms with Crippen molar-refractivity contribution >= 4 is 23.4 Å². The van der Waals surface area contributed by atoms with Crippen LogP contribution in [0.4, 0.5) is 16.3 Å². The van der Waals surface area contributed by atoms with Crippen LogP contribution in [0.2, 0.25) is 0 Å². The summed E-state index contributed by atoms with van der Waals surface area (Å²) in [7, 11) is 1.61. The number of hydrogen-bond acceptors (Lipinski definition) is 6. The van der Waals surface area contributed by atoms with Gasteiger partial charge in [-0.25, -0.2) is 14.5 Å². The van der Waals surface area contributed by atoms with Crippen molar-refractivity contribution in [3.8, 4) is 17.2 Å².